The summed E-state index contributed by atoms with van der Waals surface area (Å²) in [4.78, 5) is 50.3. The molecular formula is C21H29F2N5O4. The van der Waals surface area contributed by atoms with Gasteiger partial charge in [0.25, 0.3) is 5.91 Å². The van der Waals surface area contributed by atoms with E-state index in [1.54, 1.807) is 20.2 Å². The lowest BCUT2D eigenvalue weighted by Gasteiger charge is -2.43. The number of nitrogens with one attached hydrogen (secondary N) is 3. The highest BCUT2D eigenvalue weighted by Gasteiger charge is 2.54. The summed E-state index contributed by atoms with van der Waals surface area (Å²) in [6.45, 7) is 1.59. The molecule has 1 heterocycles. The molecular weight excluding hydrogens is 424 g/mol. The number of carbonyl (C=O) groups is 4. The predicted octanol–water partition coefficient (Wildman–Crippen LogP) is 1.48. The first-order chi connectivity index (χ1) is 15.1. The Bertz CT molecular complexity index is 891. The molecule has 176 valence electrons. The van der Waals surface area contributed by atoms with Crippen molar-refractivity contribution in [2.45, 2.75) is 81.7 Å². The van der Waals surface area contributed by atoms with Gasteiger partial charge in [-0.3, -0.25) is 23.9 Å². The molecule has 0 radical (unpaired) electrons. The molecule has 32 heavy (non-hydrogen) atoms. The third-order valence-corrected chi connectivity index (χ3v) is 6.14. The van der Waals surface area contributed by atoms with Crippen LogP contribution in [0.4, 0.5) is 14.6 Å². The van der Waals surface area contributed by atoms with Gasteiger partial charge in [-0.2, -0.15) is 5.10 Å². The van der Waals surface area contributed by atoms with Crippen molar-refractivity contribution in [1.29, 1.82) is 0 Å². The van der Waals surface area contributed by atoms with E-state index >= 15 is 4.39 Å². The average molecular weight is 453 g/mol. The molecule has 3 amide bonds. The van der Waals surface area contributed by atoms with E-state index in [9.17, 15) is 23.6 Å². The summed E-state index contributed by atoms with van der Waals surface area (Å²) in [7, 11) is 1.63. The number of amides is 3. The lowest BCUT2D eigenvalue weighted by molar-refractivity contribution is -0.146. The van der Waals surface area contributed by atoms with Crippen LogP contribution in [0.25, 0.3) is 0 Å². The van der Waals surface area contributed by atoms with Gasteiger partial charge in [-0.25, -0.2) is 8.78 Å². The molecule has 1 atom stereocenters. The molecule has 3 N–H and O–H groups in total. The molecule has 1 aromatic heterocycles. The van der Waals surface area contributed by atoms with Crippen LogP contribution in [0.5, 0.6) is 0 Å². The molecule has 2 aliphatic rings. The highest BCUT2D eigenvalue weighted by atomic mass is 19.1. The van der Waals surface area contributed by atoms with Gasteiger partial charge in [0.05, 0.1) is 0 Å². The second-order valence-corrected chi connectivity index (χ2v) is 8.77. The molecule has 0 saturated heterocycles. The number of alkyl halides is 2. The van der Waals surface area contributed by atoms with E-state index in [-0.39, 0.29) is 44.3 Å². The molecule has 3 rings (SSSR count). The molecule has 2 fully saturated rings. The largest absolute Gasteiger partial charge is 0.344 e. The third-order valence-electron chi connectivity index (χ3n) is 6.14. The molecule has 2 saturated carbocycles. The molecule has 0 aliphatic heterocycles. The van der Waals surface area contributed by atoms with Crippen LogP contribution >= 0.6 is 0 Å². The maximum atomic E-state index is 15.1. The summed E-state index contributed by atoms with van der Waals surface area (Å²) in [6.07, 6.45) is 1.23. The Balaban J connectivity index is 1.73. The Kier molecular flexibility index (Phi) is 6.94. The molecule has 0 unspecified atom stereocenters. The van der Waals surface area contributed by atoms with Crippen molar-refractivity contribution in [2.75, 3.05) is 5.32 Å². The van der Waals surface area contributed by atoms with Crippen LogP contribution in [-0.2, 0) is 26.2 Å². The van der Waals surface area contributed by atoms with Crippen molar-refractivity contribution >= 4 is 29.3 Å². The van der Waals surface area contributed by atoms with Gasteiger partial charge in [0.1, 0.15) is 23.4 Å². The van der Waals surface area contributed by atoms with Gasteiger partial charge < -0.3 is 16.0 Å². The smallest absolute Gasteiger partial charge is 0.295 e. The highest BCUT2D eigenvalue weighted by Crippen LogP contribution is 2.39. The van der Waals surface area contributed by atoms with Crippen LogP contribution in [0.3, 0.4) is 0 Å². The van der Waals surface area contributed by atoms with Crippen LogP contribution < -0.4 is 16.0 Å². The van der Waals surface area contributed by atoms with Crippen molar-refractivity contribution in [3.8, 4) is 0 Å². The zero-order valence-electron chi connectivity index (χ0n) is 18.2. The number of anilines is 1. The Morgan fingerprint density at radius 3 is 2.44 bits per heavy atom. The van der Waals surface area contributed by atoms with Crippen molar-refractivity contribution in [3.63, 3.8) is 0 Å². The number of hydrogen-bond acceptors (Lipinski definition) is 5. The van der Waals surface area contributed by atoms with E-state index < -0.39 is 46.9 Å². The van der Waals surface area contributed by atoms with Gasteiger partial charge in [-0.15, -0.1) is 0 Å². The summed E-state index contributed by atoms with van der Waals surface area (Å²) >= 11 is 0. The summed E-state index contributed by atoms with van der Waals surface area (Å²) < 4.78 is 30.3. The number of carbonyl (C=O) groups excluding carboxylic acids is 4. The van der Waals surface area contributed by atoms with Crippen molar-refractivity contribution in [3.05, 3.63) is 12.3 Å². The number of hydrogen-bond donors (Lipinski definition) is 3. The minimum absolute atomic E-state index is 0.0895. The maximum absolute atomic E-state index is 15.1. The zero-order chi connectivity index (χ0) is 23.5. The zero-order valence-corrected chi connectivity index (χ0v) is 18.2. The molecule has 11 heteroatoms. The first-order valence-electron chi connectivity index (χ1n) is 10.9. The number of Topliss-reactive ketones (excluding diaryl/α,β-unsaturated/α-hetero) is 1. The molecule has 1 aromatic rings. The molecule has 9 nitrogen and oxygen atoms in total. The Morgan fingerprint density at radius 1 is 1.25 bits per heavy atom. The topological polar surface area (TPSA) is 122 Å². The quantitative estimate of drug-likeness (QED) is 0.489. The van der Waals surface area contributed by atoms with Gasteiger partial charge in [0.2, 0.25) is 17.6 Å². The first kappa shape index (κ1) is 23.8. The Labute approximate surface area is 184 Å². The summed E-state index contributed by atoms with van der Waals surface area (Å²) in [5.41, 5.74) is -3.34. The number of nitrogens with zero attached hydrogens (tertiary/aromatic N) is 2. The first-order valence-corrected chi connectivity index (χ1v) is 10.9. The van der Waals surface area contributed by atoms with Crippen LogP contribution in [0, 0.1) is 0 Å². The van der Waals surface area contributed by atoms with E-state index in [1.807, 2.05) is 0 Å². The number of ketones is 1. The standard InChI is InChI=1S/C21H29F2N5O4/c1-3-16(29)24-14(12-20(23)7-4-5-8-20)18(31)26-21(10-13(22)11-21)17(30)19(32)25-15-6-9-28(2)27-15/h6,9,13-14H,3-5,7-8,10-12H2,1-2H3,(H,24,29)(H,26,31)(H,25,27,32)/t13?,14-,21?/m0/s1. The van der Waals surface area contributed by atoms with Crippen LogP contribution in [-0.4, -0.2) is 56.7 Å². The van der Waals surface area contributed by atoms with Crippen LogP contribution in [0.1, 0.15) is 58.3 Å². The minimum atomic E-state index is -1.75. The normalized spacial score (nSPS) is 24.8. The summed E-state index contributed by atoms with van der Waals surface area (Å²) in [5.74, 6) is -3.17. The van der Waals surface area contributed by atoms with Crippen LogP contribution in [0.2, 0.25) is 0 Å². The highest BCUT2D eigenvalue weighted by molar-refractivity contribution is 6.44. The maximum Gasteiger partial charge on any atom is 0.295 e. The van der Waals surface area contributed by atoms with Gasteiger partial charge >= 0.3 is 0 Å². The predicted molar refractivity (Wildman–Crippen MR) is 111 cm³/mol. The average Bonchev–Trinajstić information content (AvgIpc) is 3.33. The van der Waals surface area contributed by atoms with Crippen molar-refractivity contribution in [2.24, 2.45) is 7.05 Å². The van der Waals surface area contributed by atoms with Gasteiger partial charge in [-0.1, -0.05) is 19.8 Å². The second-order valence-electron chi connectivity index (χ2n) is 8.77. The van der Waals surface area contributed by atoms with Crippen molar-refractivity contribution in [1.82, 2.24) is 20.4 Å². The molecule has 0 spiro atoms. The lowest BCUT2D eigenvalue weighted by Crippen LogP contribution is -2.68. The number of aromatic nitrogens is 2. The summed E-state index contributed by atoms with van der Waals surface area (Å²) in [5, 5.41) is 11.2. The Morgan fingerprint density at radius 2 is 1.91 bits per heavy atom. The minimum Gasteiger partial charge on any atom is -0.344 e. The van der Waals surface area contributed by atoms with E-state index in [2.05, 4.69) is 21.0 Å². The lowest BCUT2D eigenvalue weighted by atomic mass is 9.71. The Hall–Kier alpha value is -2.85. The fourth-order valence-corrected chi connectivity index (χ4v) is 4.32. The summed E-state index contributed by atoms with van der Waals surface area (Å²) in [6, 6.07) is 0.251. The SMILES string of the molecule is CCC(=O)N[C@@H](CC1(F)CCCC1)C(=O)NC1(C(=O)C(=O)Nc2ccn(C)n2)CC(F)C1. The third kappa shape index (κ3) is 5.31. The van der Waals surface area contributed by atoms with Crippen molar-refractivity contribution < 1.29 is 28.0 Å². The van der Waals surface area contributed by atoms with Gasteiger partial charge in [0, 0.05) is 45.0 Å². The molecule has 2 aliphatic carbocycles. The fourth-order valence-electron chi connectivity index (χ4n) is 4.32. The van der Waals surface area contributed by atoms with Gasteiger partial charge in [-0.05, 0) is 12.8 Å². The fraction of sp³-hybridized carbons (Fsp3) is 0.667. The van der Waals surface area contributed by atoms with Gasteiger partial charge in [0.15, 0.2) is 5.82 Å². The van der Waals surface area contributed by atoms with E-state index in [4.69, 9.17) is 0 Å². The van der Waals surface area contributed by atoms with Crippen LogP contribution in [0.15, 0.2) is 12.3 Å². The second kappa shape index (κ2) is 9.33. The molecule has 0 bridgehead atoms. The van der Waals surface area contributed by atoms with E-state index in [0.717, 1.165) is 0 Å². The number of aryl methyl sites for hydroxylation is 1. The van der Waals surface area contributed by atoms with E-state index in [0.29, 0.717) is 12.8 Å². The monoisotopic (exact) mass is 453 g/mol. The van der Waals surface area contributed by atoms with E-state index in [1.165, 1.54) is 10.7 Å². The number of rotatable bonds is 9. The molecule has 0 aromatic carbocycles. The number of halogens is 2.